The Morgan fingerprint density at radius 1 is 1.36 bits per heavy atom. The minimum Gasteiger partial charge on any atom is -0.493 e. The van der Waals surface area contributed by atoms with Gasteiger partial charge in [0.1, 0.15) is 5.69 Å². The first kappa shape index (κ1) is 16.9. The highest BCUT2D eigenvalue weighted by atomic mass is 16.5. The molecule has 0 bridgehead atoms. The van der Waals surface area contributed by atoms with Gasteiger partial charge in [0.2, 0.25) is 11.8 Å². The van der Waals surface area contributed by atoms with E-state index in [1.54, 1.807) is 16.8 Å². The summed E-state index contributed by atoms with van der Waals surface area (Å²) < 4.78 is 7.21. The Labute approximate surface area is 158 Å². The molecule has 28 heavy (non-hydrogen) atoms. The molecule has 1 aliphatic carbocycles. The summed E-state index contributed by atoms with van der Waals surface area (Å²) in [4.78, 5) is 29.9. The molecule has 3 aromatic rings. The van der Waals surface area contributed by atoms with Crippen LogP contribution in [0.4, 0.5) is 5.95 Å². The zero-order valence-electron chi connectivity index (χ0n) is 15.1. The lowest BCUT2D eigenvalue weighted by atomic mass is 10.2. The van der Waals surface area contributed by atoms with Crippen molar-refractivity contribution in [3.63, 3.8) is 0 Å². The third-order valence-electron chi connectivity index (χ3n) is 4.77. The lowest BCUT2D eigenvalue weighted by molar-refractivity contribution is 0.120. The van der Waals surface area contributed by atoms with E-state index >= 15 is 0 Å². The SMILES string of the molecule is O=c1[nH]c(O)c(/C=c2\cnn3c(=NC4CC4)nc(NCC4CCCO4)nc23)[nH]1. The average Bonchev–Trinajstić information content (AvgIpc) is 3.05. The first-order valence-corrected chi connectivity index (χ1v) is 9.34. The van der Waals surface area contributed by atoms with E-state index in [-0.39, 0.29) is 23.7 Å². The molecule has 11 nitrogen and oxygen atoms in total. The third kappa shape index (κ3) is 3.36. The normalized spacial score (nSPS) is 21.1. The second kappa shape index (κ2) is 6.75. The molecule has 1 saturated carbocycles. The Kier molecular flexibility index (Phi) is 4.08. The number of imidazole rings is 1. The number of hydrogen-bond acceptors (Lipinski definition) is 8. The van der Waals surface area contributed by atoms with E-state index in [0.717, 1.165) is 32.3 Å². The van der Waals surface area contributed by atoms with Crippen LogP contribution < -0.4 is 21.8 Å². The van der Waals surface area contributed by atoms with Gasteiger partial charge in [-0.2, -0.15) is 19.6 Å². The Bertz CT molecular complexity index is 1180. The molecule has 146 valence electrons. The number of aromatic nitrogens is 6. The van der Waals surface area contributed by atoms with Gasteiger partial charge in [0.15, 0.2) is 5.65 Å². The summed E-state index contributed by atoms with van der Waals surface area (Å²) in [5, 5.41) is 18.0. The fourth-order valence-corrected chi connectivity index (χ4v) is 3.17. The average molecular weight is 384 g/mol. The quantitative estimate of drug-likeness (QED) is 0.443. The van der Waals surface area contributed by atoms with E-state index < -0.39 is 5.69 Å². The second-order valence-electron chi connectivity index (χ2n) is 7.04. The van der Waals surface area contributed by atoms with E-state index in [1.165, 1.54) is 0 Å². The van der Waals surface area contributed by atoms with Crippen LogP contribution in [0.15, 0.2) is 16.0 Å². The Morgan fingerprint density at radius 3 is 2.96 bits per heavy atom. The van der Waals surface area contributed by atoms with Crippen LogP contribution in [0.25, 0.3) is 11.7 Å². The highest BCUT2D eigenvalue weighted by molar-refractivity contribution is 5.57. The number of hydrogen-bond donors (Lipinski definition) is 4. The molecule has 11 heteroatoms. The predicted octanol–water partition coefficient (Wildman–Crippen LogP) is -0.952. The maximum atomic E-state index is 11.4. The lowest BCUT2D eigenvalue weighted by Gasteiger charge is -2.10. The van der Waals surface area contributed by atoms with Crippen LogP contribution >= 0.6 is 0 Å². The van der Waals surface area contributed by atoms with Crippen LogP contribution in [0.1, 0.15) is 31.4 Å². The number of anilines is 1. The van der Waals surface area contributed by atoms with E-state index in [9.17, 15) is 9.90 Å². The van der Waals surface area contributed by atoms with Crippen LogP contribution in [-0.2, 0) is 4.74 Å². The number of nitrogens with zero attached hydrogens (tertiary/aromatic N) is 5. The molecule has 4 N–H and O–H groups in total. The predicted molar refractivity (Wildman–Crippen MR) is 98.7 cm³/mol. The number of fused-ring (bicyclic) bond motifs is 1. The maximum absolute atomic E-state index is 11.4. The molecule has 0 aromatic carbocycles. The van der Waals surface area contributed by atoms with E-state index in [1.807, 2.05) is 0 Å². The number of aromatic amines is 2. The molecule has 4 heterocycles. The number of aromatic hydroxyl groups is 1. The monoisotopic (exact) mass is 384 g/mol. The molecule has 1 aliphatic heterocycles. The van der Waals surface area contributed by atoms with Crippen molar-refractivity contribution in [2.75, 3.05) is 18.5 Å². The van der Waals surface area contributed by atoms with Gasteiger partial charge in [0.05, 0.1) is 18.3 Å². The zero-order chi connectivity index (χ0) is 19.1. The topological polar surface area (TPSA) is 146 Å². The number of nitrogens with one attached hydrogen (secondary N) is 3. The van der Waals surface area contributed by atoms with Crippen molar-refractivity contribution in [1.82, 2.24) is 29.5 Å². The Morgan fingerprint density at radius 2 is 2.25 bits per heavy atom. The lowest BCUT2D eigenvalue weighted by Crippen LogP contribution is -2.27. The van der Waals surface area contributed by atoms with E-state index in [0.29, 0.717) is 29.0 Å². The van der Waals surface area contributed by atoms with Gasteiger partial charge < -0.3 is 20.1 Å². The first-order chi connectivity index (χ1) is 13.7. The summed E-state index contributed by atoms with van der Waals surface area (Å²) in [6.45, 7) is 1.41. The van der Waals surface area contributed by atoms with Crippen molar-refractivity contribution in [2.45, 2.75) is 37.8 Å². The van der Waals surface area contributed by atoms with Gasteiger partial charge in [-0.3, -0.25) is 4.98 Å². The number of ether oxygens (including phenoxy) is 1. The molecule has 0 radical (unpaired) electrons. The molecule has 2 fully saturated rings. The molecule has 2 aliphatic rings. The standard InChI is InChI=1S/C17H20N8O3/c26-14-12(21-17(27)23-14)6-9-7-19-25-13(9)22-15(18-8-11-2-1-5-28-11)24-16(25)20-10-3-4-10/h6-7,10-11,26H,1-5,8H2,(H,18,20,24)(H2,21,23,27)/b9-6+. The summed E-state index contributed by atoms with van der Waals surface area (Å²) >= 11 is 0. The van der Waals surface area contributed by atoms with Crippen LogP contribution in [0.2, 0.25) is 0 Å². The molecule has 1 unspecified atom stereocenters. The molecule has 0 amide bonds. The van der Waals surface area contributed by atoms with Crippen molar-refractivity contribution in [2.24, 2.45) is 4.99 Å². The van der Waals surface area contributed by atoms with Gasteiger partial charge in [-0.15, -0.1) is 0 Å². The van der Waals surface area contributed by atoms with Crippen LogP contribution in [0.3, 0.4) is 0 Å². The van der Waals surface area contributed by atoms with Gasteiger partial charge in [-0.25, -0.2) is 9.79 Å². The van der Waals surface area contributed by atoms with E-state index in [4.69, 9.17) is 4.74 Å². The van der Waals surface area contributed by atoms with Crippen molar-refractivity contribution in [3.05, 3.63) is 33.2 Å². The third-order valence-corrected chi connectivity index (χ3v) is 4.77. The van der Waals surface area contributed by atoms with Gasteiger partial charge in [0, 0.05) is 18.4 Å². The summed E-state index contributed by atoms with van der Waals surface area (Å²) in [5.41, 5.74) is 0.783. The number of H-pyrrole nitrogens is 2. The molecule has 0 spiro atoms. The van der Waals surface area contributed by atoms with E-state index in [2.05, 4.69) is 35.3 Å². The highest BCUT2D eigenvalue weighted by Gasteiger charge is 2.21. The van der Waals surface area contributed by atoms with Gasteiger partial charge in [-0.1, -0.05) is 0 Å². The molecular formula is C17H20N8O3. The van der Waals surface area contributed by atoms with Crippen molar-refractivity contribution in [1.29, 1.82) is 0 Å². The number of rotatable bonds is 5. The van der Waals surface area contributed by atoms with Crippen LogP contribution in [0.5, 0.6) is 5.88 Å². The Hall–Kier alpha value is -3.21. The minimum absolute atomic E-state index is 0.154. The summed E-state index contributed by atoms with van der Waals surface area (Å²) in [6.07, 6.45) is 7.53. The van der Waals surface area contributed by atoms with Gasteiger partial charge in [-0.05, 0) is 31.8 Å². The summed E-state index contributed by atoms with van der Waals surface area (Å²) in [5.74, 6) is 0.211. The summed E-state index contributed by atoms with van der Waals surface area (Å²) in [7, 11) is 0. The second-order valence-corrected chi connectivity index (χ2v) is 7.04. The Balaban J connectivity index is 1.59. The fraction of sp³-hybridized carbons (Fsp3) is 0.471. The van der Waals surface area contributed by atoms with Gasteiger partial charge in [0.25, 0.3) is 5.62 Å². The smallest absolute Gasteiger partial charge is 0.326 e. The molecular weight excluding hydrogens is 364 g/mol. The molecule has 5 rings (SSSR count). The largest absolute Gasteiger partial charge is 0.493 e. The fourth-order valence-electron chi connectivity index (χ4n) is 3.17. The van der Waals surface area contributed by atoms with Gasteiger partial charge >= 0.3 is 5.69 Å². The molecule has 1 saturated heterocycles. The van der Waals surface area contributed by atoms with Crippen molar-refractivity contribution >= 4 is 17.7 Å². The first-order valence-electron chi connectivity index (χ1n) is 9.34. The molecule has 3 aromatic heterocycles. The maximum Gasteiger partial charge on any atom is 0.326 e. The molecule has 1 atom stereocenters. The zero-order valence-corrected chi connectivity index (χ0v) is 15.1. The van der Waals surface area contributed by atoms with Crippen molar-refractivity contribution < 1.29 is 9.84 Å². The summed E-state index contributed by atoms with van der Waals surface area (Å²) in [6, 6.07) is 0.269. The minimum atomic E-state index is -0.488. The highest BCUT2D eigenvalue weighted by Crippen LogP contribution is 2.22. The van der Waals surface area contributed by atoms with Crippen molar-refractivity contribution in [3.8, 4) is 5.88 Å². The van der Waals surface area contributed by atoms with Crippen LogP contribution in [0, 0.1) is 0 Å². The van der Waals surface area contributed by atoms with Crippen LogP contribution in [-0.4, -0.2) is 60.0 Å².